The normalized spacial score (nSPS) is 12.6. The Morgan fingerprint density at radius 1 is 1.50 bits per heavy atom. The molecular weight excluding hydrogens is 162 g/mol. The number of carbonyl (C=O) groups excluding carboxylic acids is 1. The first kappa shape index (κ1) is 11.4. The zero-order valence-corrected chi connectivity index (χ0v) is 7.41. The van der Waals surface area contributed by atoms with Gasteiger partial charge in [0, 0.05) is 7.11 Å². The van der Waals surface area contributed by atoms with Crippen LogP contribution in [0.15, 0.2) is 0 Å². The Kier molecular flexibility index (Phi) is 6.64. The van der Waals surface area contributed by atoms with E-state index in [1.807, 2.05) is 0 Å². The molecule has 0 fully saturated rings. The molecule has 72 valence electrons. The fourth-order valence-corrected chi connectivity index (χ4v) is 0.622. The molecule has 0 amide bonds. The number of esters is 1. The van der Waals surface area contributed by atoms with E-state index >= 15 is 0 Å². The second-order valence-electron chi connectivity index (χ2n) is 2.23. The van der Waals surface area contributed by atoms with Crippen molar-refractivity contribution in [1.82, 2.24) is 0 Å². The van der Waals surface area contributed by atoms with E-state index in [9.17, 15) is 4.79 Å². The third-order valence-electron chi connectivity index (χ3n) is 1.28. The highest BCUT2D eigenvalue weighted by molar-refractivity contribution is 5.75. The molecule has 0 aromatic rings. The Hall–Kier alpha value is -0.650. The highest BCUT2D eigenvalue weighted by atomic mass is 16.7. The maximum Gasteiger partial charge on any atom is 0.322 e. The Bertz CT molecular complexity index is 129. The molecule has 1 atom stereocenters. The molecule has 0 saturated carbocycles. The fourth-order valence-electron chi connectivity index (χ4n) is 0.622. The molecule has 0 aliphatic carbocycles. The van der Waals surface area contributed by atoms with Crippen molar-refractivity contribution in [1.29, 1.82) is 0 Å². The average Bonchev–Trinajstić information content (AvgIpc) is 2.10. The van der Waals surface area contributed by atoms with Crippen LogP contribution in [-0.2, 0) is 19.0 Å². The molecule has 0 radical (unpaired) electrons. The van der Waals surface area contributed by atoms with Crippen LogP contribution in [0, 0.1) is 0 Å². The largest absolute Gasteiger partial charge is 0.468 e. The van der Waals surface area contributed by atoms with Gasteiger partial charge in [-0.15, -0.1) is 0 Å². The summed E-state index contributed by atoms with van der Waals surface area (Å²) in [4.78, 5) is 10.7. The van der Waals surface area contributed by atoms with Crippen LogP contribution in [-0.4, -0.2) is 39.6 Å². The molecule has 0 aromatic carbocycles. The van der Waals surface area contributed by atoms with Gasteiger partial charge in [-0.3, -0.25) is 4.79 Å². The summed E-state index contributed by atoms with van der Waals surface area (Å²) in [6.45, 7) is 0.609. The highest BCUT2D eigenvalue weighted by Gasteiger charge is 2.12. The van der Waals surface area contributed by atoms with Crippen molar-refractivity contribution in [3.05, 3.63) is 0 Å². The minimum absolute atomic E-state index is 0.216. The van der Waals surface area contributed by atoms with Crippen LogP contribution >= 0.6 is 0 Å². The van der Waals surface area contributed by atoms with E-state index in [2.05, 4.69) is 9.47 Å². The number of rotatable bonds is 6. The summed E-state index contributed by atoms with van der Waals surface area (Å²) >= 11 is 0. The molecule has 0 rings (SSSR count). The number of methoxy groups -OCH3 is 2. The van der Waals surface area contributed by atoms with Gasteiger partial charge < -0.3 is 19.9 Å². The SMILES string of the molecule is COCOCC[C@H](N)C(=O)OC. The van der Waals surface area contributed by atoms with Gasteiger partial charge >= 0.3 is 5.97 Å². The predicted octanol–water partition coefficient (Wildman–Crippen LogP) is -0.503. The summed E-state index contributed by atoms with van der Waals surface area (Å²) in [5.74, 6) is -0.420. The minimum Gasteiger partial charge on any atom is -0.468 e. The molecule has 0 bridgehead atoms. The molecule has 5 heteroatoms. The van der Waals surface area contributed by atoms with Crippen molar-refractivity contribution in [2.45, 2.75) is 12.5 Å². The summed E-state index contributed by atoms with van der Waals surface area (Å²) in [7, 11) is 2.83. The molecule has 5 nitrogen and oxygen atoms in total. The molecule has 12 heavy (non-hydrogen) atoms. The second-order valence-corrected chi connectivity index (χ2v) is 2.23. The van der Waals surface area contributed by atoms with Gasteiger partial charge in [-0.25, -0.2) is 0 Å². The van der Waals surface area contributed by atoms with Crippen LogP contribution in [0.4, 0.5) is 0 Å². The van der Waals surface area contributed by atoms with E-state index < -0.39 is 12.0 Å². The molecular formula is C7H15NO4. The Morgan fingerprint density at radius 2 is 2.17 bits per heavy atom. The van der Waals surface area contributed by atoms with Gasteiger partial charge in [0.25, 0.3) is 0 Å². The van der Waals surface area contributed by atoms with E-state index in [0.717, 1.165) is 0 Å². The number of hydrogen-bond acceptors (Lipinski definition) is 5. The zero-order valence-electron chi connectivity index (χ0n) is 7.41. The van der Waals surface area contributed by atoms with Crippen LogP contribution in [0.1, 0.15) is 6.42 Å². The van der Waals surface area contributed by atoms with Gasteiger partial charge in [-0.05, 0) is 6.42 Å². The maximum atomic E-state index is 10.7. The lowest BCUT2D eigenvalue weighted by molar-refractivity contribution is -0.142. The first-order valence-corrected chi connectivity index (χ1v) is 3.62. The van der Waals surface area contributed by atoms with E-state index in [4.69, 9.17) is 10.5 Å². The van der Waals surface area contributed by atoms with Crippen molar-refractivity contribution < 1.29 is 19.0 Å². The summed E-state index contributed by atoms with van der Waals surface area (Å²) in [5, 5.41) is 0. The Morgan fingerprint density at radius 3 is 2.67 bits per heavy atom. The predicted molar refractivity (Wildman–Crippen MR) is 42.4 cm³/mol. The van der Waals surface area contributed by atoms with Crippen LogP contribution < -0.4 is 5.73 Å². The van der Waals surface area contributed by atoms with Crippen LogP contribution in [0.5, 0.6) is 0 Å². The lowest BCUT2D eigenvalue weighted by atomic mass is 10.2. The molecule has 0 spiro atoms. The van der Waals surface area contributed by atoms with Crippen molar-refractivity contribution in [3.63, 3.8) is 0 Å². The van der Waals surface area contributed by atoms with Gasteiger partial charge in [0.1, 0.15) is 12.8 Å². The standard InChI is InChI=1S/C7H15NO4/c1-10-5-12-4-3-6(8)7(9)11-2/h6H,3-5,8H2,1-2H3/t6-/m0/s1. The molecule has 0 aliphatic rings. The number of ether oxygens (including phenoxy) is 3. The van der Waals surface area contributed by atoms with E-state index in [1.165, 1.54) is 14.2 Å². The second kappa shape index (κ2) is 7.02. The molecule has 0 heterocycles. The topological polar surface area (TPSA) is 70.8 Å². The third-order valence-corrected chi connectivity index (χ3v) is 1.28. The van der Waals surface area contributed by atoms with Gasteiger partial charge in [0.05, 0.1) is 13.7 Å². The third kappa shape index (κ3) is 5.06. The lowest BCUT2D eigenvalue weighted by Gasteiger charge is -2.08. The smallest absolute Gasteiger partial charge is 0.322 e. The number of nitrogens with two attached hydrogens (primary N) is 1. The zero-order chi connectivity index (χ0) is 9.40. The Labute approximate surface area is 71.8 Å². The van der Waals surface area contributed by atoms with E-state index in [1.54, 1.807) is 0 Å². The lowest BCUT2D eigenvalue weighted by Crippen LogP contribution is -2.32. The molecule has 0 unspecified atom stereocenters. The molecule has 2 N–H and O–H groups in total. The van der Waals surface area contributed by atoms with Gasteiger partial charge in [0.15, 0.2) is 0 Å². The average molecular weight is 177 g/mol. The first-order chi connectivity index (χ1) is 5.72. The number of carbonyl (C=O) groups is 1. The fraction of sp³-hybridized carbons (Fsp3) is 0.857. The van der Waals surface area contributed by atoms with Gasteiger partial charge in [0.2, 0.25) is 0 Å². The first-order valence-electron chi connectivity index (χ1n) is 3.62. The maximum absolute atomic E-state index is 10.7. The minimum atomic E-state index is -0.605. The molecule has 0 aliphatic heterocycles. The quantitative estimate of drug-likeness (QED) is 0.336. The highest BCUT2D eigenvalue weighted by Crippen LogP contribution is 1.91. The summed E-state index contributed by atoms with van der Waals surface area (Å²) in [5.41, 5.74) is 5.41. The van der Waals surface area contributed by atoms with E-state index in [-0.39, 0.29) is 6.79 Å². The van der Waals surface area contributed by atoms with Crippen LogP contribution in [0.3, 0.4) is 0 Å². The van der Waals surface area contributed by atoms with Gasteiger partial charge in [-0.1, -0.05) is 0 Å². The van der Waals surface area contributed by atoms with E-state index in [0.29, 0.717) is 13.0 Å². The monoisotopic (exact) mass is 177 g/mol. The van der Waals surface area contributed by atoms with Crippen molar-refractivity contribution in [3.8, 4) is 0 Å². The van der Waals surface area contributed by atoms with Crippen molar-refractivity contribution in [2.75, 3.05) is 27.6 Å². The summed E-state index contributed by atoms with van der Waals surface area (Å²) < 4.78 is 14.0. The van der Waals surface area contributed by atoms with Crippen LogP contribution in [0.25, 0.3) is 0 Å². The summed E-state index contributed by atoms with van der Waals surface area (Å²) in [6.07, 6.45) is 0.441. The molecule has 0 aromatic heterocycles. The molecule has 0 saturated heterocycles. The van der Waals surface area contributed by atoms with Crippen molar-refractivity contribution >= 4 is 5.97 Å². The summed E-state index contributed by atoms with van der Waals surface area (Å²) in [6, 6.07) is -0.605. The van der Waals surface area contributed by atoms with Crippen LogP contribution in [0.2, 0.25) is 0 Å². The Balaban J connectivity index is 3.31. The van der Waals surface area contributed by atoms with Crippen molar-refractivity contribution in [2.24, 2.45) is 5.73 Å². The number of hydrogen-bond donors (Lipinski definition) is 1. The van der Waals surface area contributed by atoms with Gasteiger partial charge in [-0.2, -0.15) is 0 Å².